The number of halogens is 3. The molecule has 0 atom stereocenters. The first-order valence-corrected chi connectivity index (χ1v) is 11.8. The summed E-state index contributed by atoms with van der Waals surface area (Å²) >= 11 is 0. The highest BCUT2D eigenvalue weighted by Gasteiger charge is 2.38. The Morgan fingerprint density at radius 2 is 1.86 bits per heavy atom. The van der Waals surface area contributed by atoms with Crippen LogP contribution in [0, 0.1) is 0 Å². The molecule has 0 amide bonds. The Morgan fingerprint density at radius 1 is 1.08 bits per heavy atom. The quantitative estimate of drug-likeness (QED) is 0.555. The summed E-state index contributed by atoms with van der Waals surface area (Å²) in [5.41, 5.74) is 2.70. The van der Waals surface area contributed by atoms with Crippen molar-refractivity contribution in [2.24, 2.45) is 10.2 Å². The van der Waals surface area contributed by atoms with Crippen LogP contribution in [0.3, 0.4) is 0 Å². The SMILES string of the molecule is COc1ccc(CN2N=CC(C(F)(F)F)=c3ncc4c5c(ccc-5c32)=NN(C2CCOCC2)C4)cc1. The first-order chi connectivity index (χ1) is 17.4. The van der Waals surface area contributed by atoms with Gasteiger partial charge in [0.05, 0.1) is 43.5 Å². The average molecular weight is 496 g/mol. The molecule has 4 heterocycles. The van der Waals surface area contributed by atoms with Gasteiger partial charge in [0.25, 0.3) is 0 Å². The average Bonchev–Trinajstić information content (AvgIpc) is 3.23. The van der Waals surface area contributed by atoms with Crippen LogP contribution >= 0.6 is 0 Å². The summed E-state index contributed by atoms with van der Waals surface area (Å²) in [6.07, 6.45) is -0.427. The molecule has 0 radical (unpaired) electrons. The summed E-state index contributed by atoms with van der Waals surface area (Å²) in [7, 11) is 1.58. The molecule has 0 bridgehead atoms. The molecule has 1 aromatic rings. The fourth-order valence-corrected chi connectivity index (χ4v) is 5.08. The van der Waals surface area contributed by atoms with Gasteiger partial charge >= 0.3 is 6.18 Å². The third-order valence-electron chi connectivity index (χ3n) is 6.90. The van der Waals surface area contributed by atoms with Crippen LogP contribution in [0.2, 0.25) is 0 Å². The molecular weight excluding hydrogens is 471 g/mol. The summed E-state index contributed by atoms with van der Waals surface area (Å²) in [6.45, 7) is 2.12. The molecule has 6 rings (SSSR count). The van der Waals surface area contributed by atoms with Crippen LogP contribution in [0.15, 0.2) is 52.8 Å². The maximum Gasteiger partial charge on any atom is 0.420 e. The predicted octanol–water partition coefficient (Wildman–Crippen LogP) is 3.44. The molecule has 36 heavy (non-hydrogen) atoms. The van der Waals surface area contributed by atoms with Crippen LogP contribution in [0.25, 0.3) is 16.7 Å². The standard InChI is InChI=1S/C26H24F3N5O2/c1-35-19-4-2-16(3-5-19)14-34-25-20-6-7-22-23(20)17(15-33(32-22)18-8-10-36-11-9-18)12-30-24(25)21(13-31-34)26(27,28)29/h2-7,12-13,18H,8-11,14-15H2,1H3. The predicted molar refractivity (Wildman–Crippen MR) is 128 cm³/mol. The van der Waals surface area contributed by atoms with Gasteiger partial charge in [0.1, 0.15) is 16.7 Å². The number of benzene rings is 1. The van der Waals surface area contributed by atoms with Crippen molar-refractivity contribution in [2.75, 3.05) is 25.3 Å². The smallest absolute Gasteiger partial charge is 0.420 e. The normalized spacial score (nSPS) is 17.8. The zero-order valence-corrected chi connectivity index (χ0v) is 19.6. The van der Waals surface area contributed by atoms with E-state index in [-0.39, 0.29) is 17.9 Å². The van der Waals surface area contributed by atoms with Crippen LogP contribution in [0.5, 0.6) is 5.75 Å². The highest BCUT2D eigenvalue weighted by atomic mass is 19.4. The summed E-state index contributed by atoms with van der Waals surface area (Å²) in [6, 6.07) is 11.3. The van der Waals surface area contributed by atoms with Crippen LogP contribution in [-0.4, -0.2) is 48.7 Å². The third kappa shape index (κ3) is 3.95. The number of nitrogens with zero attached hydrogens (tertiary/aromatic N) is 5. The van der Waals surface area contributed by atoms with E-state index in [4.69, 9.17) is 14.6 Å². The van der Waals surface area contributed by atoms with E-state index in [1.165, 1.54) is 0 Å². The lowest BCUT2D eigenvalue weighted by Gasteiger charge is -2.34. The number of hydrogen-bond acceptors (Lipinski definition) is 7. The van der Waals surface area contributed by atoms with Crippen molar-refractivity contribution in [1.82, 2.24) is 9.99 Å². The van der Waals surface area contributed by atoms with Gasteiger partial charge in [-0.3, -0.25) is 15.0 Å². The number of methoxy groups -OCH3 is 1. The number of fused-ring (bicyclic) bond motifs is 2. The van der Waals surface area contributed by atoms with E-state index in [1.54, 1.807) is 18.3 Å². The minimum absolute atomic E-state index is 0.126. The van der Waals surface area contributed by atoms with Crippen molar-refractivity contribution in [3.8, 4) is 16.9 Å². The molecule has 1 aliphatic carbocycles. The minimum Gasteiger partial charge on any atom is -0.497 e. The Morgan fingerprint density at radius 3 is 2.58 bits per heavy atom. The van der Waals surface area contributed by atoms with Crippen LogP contribution in [0.1, 0.15) is 24.0 Å². The second-order valence-electron chi connectivity index (χ2n) is 9.09. The zero-order chi connectivity index (χ0) is 24.9. The molecule has 0 unspecified atom stereocenters. The number of hydrogen-bond donors (Lipinski definition) is 0. The number of anilines is 1. The molecule has 10 heteroatoms. The molecular formula is C26H24F3N5O2. The van der Waals surface area contributed by atoms with E-state index in [2.05, 4.69) is 10.1 Å². The fraction of sp³-hybridized carbons (Fsp3) is 0.346. The first-order valence-electron chi connectivity index (χ1n) is 11.8. The van der Waals surface area contributed by atoms with Crippen molar-refractivity contribution in [3.05, 3.63) is 64.4 Å². The Hall–Kier alpha value is -3.66. The van der Waals surface area contributed by atoms with Crippen molar-refractivity contribution in [2.45, 2.75) is 38.1 Å². The van der Waals surface area contributed by atoms with Crippen LogP contribution in [-0.2, 0) is 17.8 Å². The second kappa shape index (κ2) is 8.77. The van der Waals surface area contributed by atoms with Gasteiger partial charge < -0.3 is 9.47 Å². The summed E-state index contributed by atoms with van der Waals surface area (Å²) in [4.78, 5) is 4.42. The van der Waals surface area contributed by atoms with Crippen molar-refractivity contribution in [1.29, 1.82) is 0 Å². The molecule has 4 aliphatic heterocycles. The monoisotopic (exact) mass is 495 g/mol. The number of hydrazone groups is 1. The maximum atomic E-state index is 14.0. The van der Waals surface area contributed by atoms with Gasteiger partial charge in [-0.15, -0.1) is 0 Å². The number of ether oxygens (including phenoxy) is 2. The third-order valence-corrected chi connectivity index (χ3v) is 6.90. The Bertz CT molecular complexity index is 1420. The molecule has 186 valence electrons. The van der Waals surface area contributed by atoms with E-state index in [9.17, 15) is 13.2 Å². The molecule has 1 fully saturated rings. The Labute approximate surface area is 205 Å². The van der Waals surface area contributed by atoms with Gasteiger partial charge in [0.2, 0.25) is 0 Å². The Kier molecular flexibility index (Phi) is 5.55. The highest BCUT2D eigenvalue weighted by Crippen LogP contribution is 2.36. The first kappa shape index (κ1) is 22.8. The topological polar surface area (TPSA) is 62.5 Å². The molecule has 0 spiro atoms. The largest absolute Gasteiger partial charge is 0.497 e. The van der Waals surface area contributed by atoms with Crippen LogP contribution in [0.4, 0.5) is 18.9 Å². The molecule has 1 saturated heterocycles. The lowest BCUT2D eigenvalue weighted by atomic mass is 10.0. The maximum absolute atomic E-state index is 14.0. The lowest BCUT2D eigenvalue weighted by molar-refractivity contribution is -0.0674. The van der Waals surface area contributed by atoms with Gasteiger partial charge in [-0.25, -0.2) is 0 Å². The van der Waals surface area contributed by atoms with E-state index in [0.717, 1.165) is 41.1 Å². The van der Waals surface area contributed by atoms with E-state index in [0.29, 0.717) is 36.8 Å². The van der Waals surface area contributed by atoms with Gasteiger partial charge in [0, 0.05) is 36.1 Å². The van der Waals surface area contributed by atoms with Gasteiger partial charge in [-0.05, 0) is 42.7 Å². The van der Waals surface area contributed by atoms with Crippen molar-refractivity contribution < 1.29 is 22.6 Å². The second-order valence-corrected chi connectivity index (χ2v) is 9.09. The lowest BCUT2D eigenvalue weighted by Crippen LogP contribution is -2.38. The van der Waals surface area contributed by atoms with E-state index < -0.39 is 11.7 Å². The zero-order valence-electron chi connectivity index (χ0n) is 19.6. The fourth-order valence-electron chi connectivity index (χ4n) is 5.08. The molecule has 1 aromatic carbocycles. The highest BCUT2D eigenvalue weighted by molar-refractivity contribution is 6.07. The Balaban J connectivity index is 1.49. The van der Waals surface area contributed by atoms with Crippen LogP contribution < -0.4 is 20.5 Å². The molecule has 0 aromatic heterocycles. The van der Waals surface area contributed by atoms with Crippen molar-refractivity contribution >= 4 is 17.5 Å². The molecule has 0 saturated carbocycles. The minimum atomic E-state index is -4.59. The molecule has 7 nitrogen and oxygen atoms in total. The molecule has 0 N–H and O–H groups in total. The van der Waals surface area contributed by atoms with E-state index in [1.807, 2.05) is 41.4 Å². The van der Waals surface area contributed by atoms with Gasteiger partial charge in [0.15, 0.2) is 0 Å². The number of aromatic nitrogens is 1. The summed E-state index contributed by atoms with van der Waals surface area (Å²) in [5, 5.41) is 13.3. The summed E-state index contributed by atoms with van der Waals surface area (Å²) < 4.78 is 52.8. The van der Waals surface area contributed by atoms with Gasteiger partial charge in [-0.2, -0.15) is 23.4 Å². The van der Waals surface area contributed by atoms with Gasteiger partial charge in [-0.1, -0.05) is 12.1 Å². The number of alkyl halides is 3. The van der Waals surface area contributed by atoms with E-state index >= 15 is 0 Å². The molecule has 5 aliphatic rings. The summed E-state index contributed by atoms with van der Waals surface area (Å²) in [5.74, 6) is 0.701. The van der Waals surface area contributed by atoms with Crippen molar-refractivity contribution in [3.63, 3.8) is 0 Å². The number of rotatable bonds is 4.